The van der Waals surface area contributed by atoms with Crippen molar-refractivity contribution in [3.05, 3.63) is 59.7 Å². The summed E-state index contributed by atoms with van der Waals surface area (Å²) in [5, 5.41) is 0. The van der Waals surface area contributed by atoms with Crippen molar-refractivity contribution in [3.63, 3.8) is 0 Å². The van der Waals surface area contributed by atoms with Crippen LogP contribution in [-0.4, -0.2) is 26.4 Å². The van der Waals surface area contributed by atoms with Crippen molar-refractivity contribution >= 4 is 17.9 Å². The van der Waals surface area contributed by atoms with Gasteiger partial charge >= 0.3 is 5.97 Å². The second kappa shape index (κ2) is 8.13. The molecule has 23 heavy (non-hydrogen) atoms. The Labute approximate surface area is 136 Å². The molecule has 4 nitrogen and oxygen atoms in total. The third-order valence-corrected chi connectivity index (χ3v) is 3.49. The third kappa shape index (κ3) is 4.68. The Hall–Kier alpha value is -2.62. The number of carbonyl (C=O) groups excluding carboxylic acids is 1. The molecule has 0 aliphatic carbocycles. The number of rotatable bonds is 6. The summed E-state index contributed by atoms with van der Waals surface area (Å²) < 4.78 is 9.93. The molecular weight excluding hydrogens is 290 g/mol. The summed E-state index contributed by atoms with van der Waals surface area (Å²) in [5.74, 6) is 0.719. The lowest BCUT2D eigenvalue weighted by Crippen LogP contribution is -2.03. The molecule has 0 unspecified atom stereocenters. The molecule has 2 aromatic rings. The van der Waals surface area contributed by atoms with Crippen LogP contribution in [0.25, 0.3) is 0 Å². The first-order valence-electron chi connectivity index (χ1n) is 7.48. The van der Waals surface area contributed by atoms with Crippen molar-refractivity contribution in [3.8, 4) is 5.75 Å². The molecule has 0 saturated carbocycles. The normalized spacial score (nSPS) is 12.1. The minimum Gasteiger partial charge on any atom is -0.497 e. The Kier molecular flexibility index (Phi) is 5.92. The number of benzene rings is 2. The molecule has 0 bridgehead atoms. The molecule has 0 saturated heterocycles. The average Bonchev–Trinajstić information content (AvgIpc) is 2.60. The maximum Gasteiger partial charge on any atom is 0.340 e. The number of para-hydroxylation sites is 1. The fourth-order valence-corrected chi connectivity index (χ4v) is 2.26. The number of nitrogens with zero attached hydrogens (tertiary/aromatic N) is 1. The van der Waals surface area contributed by atoms with Crippen LogP contribution in [0, 0.1) is 5.92 Å². The molecule has 0 aliphatic rings. The van der Waals surface area contributed by atoms with Crippen molar-refractivity contribution in [2.24, 2.45) is 10.9 Å². The summed E-state index contributed by atoms with van der Waals surface area (Å²) in [5.41, 5.74) is 2.31. The topological polar surface area (TPSA) is 47.9 Å². The highest BCUT2D eigenvalue weighted by molar-refractivity contribution is 5.95. The fraction of sp³-hybridized carbons (Fsp3) is 0.263. The van der Waals surface area contributed by atoms with Crippen LogP contribution in [0.15, 0.2) is 53.5 Å². The van der Waals surface area contributed by atoms with Gasteiger partial charge in [0.05, 0.1) is 25.5 Å². The minimum absolute atomic E-state index is 0.245. The Bertz CT molecular complexity index is 677. The Morgan fingerprint density at radius 2 is 1.83 bits per heavy atom. The molecule has 0 fully saturated rings. The molecule has 0 radical (unpaired) electrons. The minimum atomic E-state index is -0.374. The summed E-state index contributed by atoms with van der Waals surface area (Å²) in [6.07, 6.45) is 2.74. The highest BCUT2D eigenvalue weighted by atomic mass is 16.5. The first kappa shape index (κ1) is 16.7. The maximum absolute atomic E-state index is 11.7. The van der Waals surface area contributed by atoms with Gasteiger partial charge in [0, 0.05) is 6.21 Å². The van der Waals surface area contributed by atoms with Crippen molar-refractivity contribution in [1.29, 1.82) is 0 Å². The van der Waals surface area contributed by atoms with Crippen LogP contribution >= 0.6 is 0 Å². The van der Waals surface area contributed by atoms with Crippen molar-refractivity contribution in [1.82, 2.24) is 0 Å². The zero-order chi connectivity index (χ0) is 16.7. The first-order chi connectivity index (χ1) is 11.1. The SMILES string of the molecule is COC(=O)c1ccccc1N=C[C@H](C)Cc1ccc(OC)cc1. The Morgan fingerprint density at radius 3 is 2.48 bits per heavy atom. The van der Waals surface area contributed by atoms with Crippen molar-refractivity contribution in [2.45, 2.75) is 13.3 Å². The van der Waals surface area contributed by atoms with Gasteiger partial charge in [-0.15, -0.1) is 0 Å². The summed E-state index contributed by atoms with van der Waals surface area (Å²) in [4.78, 5) is 16.2. The fourth-order valence-electron chi connectivity index (χ4n) is 2.26. The lowest BCUT2D eigenvalue weighted by Gasteiger charge is -2.08. The predicted octanol–water partition coefficient (Wildman–Crippen LogP) is 4.06. The highest BCUT2D eigenvalue weighted by Gasteiger charge is 2.10. The van der Waals surface area contributed by atoms with Gasteiger partial charge in [0.2, 0.25) is 0 Å². The van der Waals surface area contributed by atoms with Gasteiger partial charge < -0.3 is 9.47 Å². The summed E-state index contributed by atoms with van der Waals surface area (Å²) in [6.45, 7) is 2.09. The van der Waals surface area contributed by atoms with Gasteiger partial charge in [0.15, 0.2) is 0 Å². The molecular formula is C19H21NO3. The predicted molar refractivity (Wildman–Crippen MR) is 91.8 cm³/mol. The van der Waals surface area contributed by atoms with E-state index in [1.165, 1.54) is 12.7 Å². The maximum atomic E-state index is 11.7. The van der Waals surface area contributed by atoms with E-state index < -0.39 is 0 Å². The number of hydrogen-bond donors (Lipinski definition) is 0. The molecule has 0 spiro atoms. The van der Waals surface area contributed by atoms with Crippen LogP contribution in [0.4, 0.5) is 5.69 Å². The van der Waals surface area contributed by atoms with Gasteiger partial charge in [-0.2, -0.15) is 0 Å². The molecule has 0 aromatic heterocycles. The Morgan fingerprint density at radius 1 is 1.13 bits per heavy atom. The van der Waals surface area contributed by atoms with Crippen LogP contribution < -0.4 is 4.74 Å². The number of ether oxygens (including phenoxy) is 2. The summed E-state index contributed by atoms with van der Waals surface area (Å²) >= 11 is 0. The van der Waals surface area contributed by atoms with Crippen LogP contribution in [0.3, 0.4) is 0 Å². The summed E-state index contributed by atoms with van der Waals surface area (Å²) in [7, 11) is 3.03. The van der Waals surface area contributed by atoms with E-state index in [0.29, 0.717) is 11.3 Å². The monoisotopic (exact) mass is 311 g/mol. The molecule has 2 aromatic carbocycles. The van der Waals surface area contributed by atoms with Crippen LogP contribution in [0.2, 0.25) is 0 Å². The molecule has 120 valence electrons. The molecule has 0 aliphatic heterocycles. The molecule has 2 rings (SSSR count). The van der Waals surface area contributed by atoms with E-state index in [1.54, 1.807) is 19.2 Å². The lowest BCUT2D eigenvalue weighted by atomic mass is 10.0. The summed E-state index contributed by atoms with van der Waals surface area (Å²) in [6, 6.07) is 15.2. The highest BCUT2D eigenvalue weighted by Crippen LogP contribution is 2.20. The number of aliphatic imine (C=N–C) groups is 1. The van der Waals surface area contributed by atoms with Gasteiger partial charge in [0.1, 0.15) is 5.75 Å². The average molecular weight is 311 g/mol. The third-order valence-electron chi connectivity index (χ3n) is 3.49. The molecule has 1 atom stereocenters. The smallest absolute Gasteiger partial charge is 0.340 e. The number of carbonyl (C=O) groups is 1. The van der Waals surface area contributed by atoms with E-state index in [-0.39, 0.29) is 11.9 Å². The molecule has 0 N–H and O–H groups in total. The standard InChI is InChI=1S/C19H21NO3/c1-14(12-15-8-10-16(22-2)11-9-15)13-20-18-7-5-4-6-17(18)19(21)23-3/h4-11,13-14H,12H2,1-3H3/t14-/m1/s1. The van der Waals surface area contributed by atoms with Crippen molar-refractivity contribution in [2.75, 3.05) is 14.2 Å². The largest absolute Gasteiger partial charge is 0.497 e. The number of esters is 1. The molecule has 0 heterocycles. The second-order valence-electron chi connectivity index (χ2n) is 5.32. The zero-order valence-corrected chi connectivity index (χ0v) is 13.7. The van der Waals surface area contributed by atoms with E-state index >= 15 is 0 Å². The molecule has 4 heteroatoms. The van der Waals surface area contributed by atoms with E-state index in [2.05, 4.69) is 11.9 Å². The molecule has 0 amide bonds. The number of hydrogen-bond acceptors (Lipinski definition) is 4. The van der Waals surface area contributed by atoms with E-state index in [9.17, 15) is 4.79 Å². The van der Waals surface area contributed by atoms with Crippen molar-refractivity contribution < 1.29 is 14.3 Å². The second-order valence-corrected chi connectivity index (χ2v) is 5.32. The van der Waals surface area contributed by atoms with E-state index in [4.69, 9.17) is 9.47 Å². The van der Waals surface area contributed by atoms with Gasteiger partial charge in [-0.3, -0.25) is 4.99 Å². The zero-order valence-electron chi connectivity index (χ0n) is 13.7. The lowest BCUT2D eigenvalue weighted by molar-refractivity contribution is 0.0601. The van der Waals surface area contributed by atoms with Gasteiger partial charge in [-0.05, 0) is 42.2 Å². The van der Waals surface area contributed by atoms with E-state index in [0.717, 1.165) is 12.2 Å². The first-order valence-corrected chi connectivity index (χ1v) is 7.48. The van der Waals surface area contributed by atoms with Crippen LogP contribution in [-0.2, 0) is 11.2 Å². The number of methoxy groups -OCH3 is 2. The van der Waals surface area contributed by atoms with Gasteiger partial charge in [-0.1, -0.05) is 31.2 Å². The van der Waals surface area contributed by atoms with Gasteiger partial charge in [-0.25, -0.2) is 4.79 Å². The van der Waals surface area contributed by atoms with Crippen LogP contribution in [0.1, 0.15) is 22.8 Å². The Balaban J connectivity index is 2.06. The van der Waals surface area contributed by atoms with Gasteiger partial charge in [0.25, 0.3) is 0 Å². The van der Waals surface area contributed by atoms with Crippen LogP contribution in [0.5, 0.6) is 5.75 Å². The van der Waals surface area contributed by atoms with E-state index in [1.807, 2.05) is 42.6 Å². The quantitative estimate of drug-likeness (QED) is 0.597.